The van der Waals surface area contributed by atoms with Gasteiger partial charge in [0.25, 0.3) is 5.89 Å². The third-order valence-corrected chi connectivity index (χ3v) is 3.12. The number of ether oxygens (including phenoxy) is 3. The maximum absolute atomic E-state index is 5.82. The number of nitrogens with zero attached hydrogens (tertiary/aromatic N) is 2. The molecular formula is C15H18N2O4. The van der Waals surface area contributed by atoms with Crippen LogP contribution in [-0.4, -0.2) is 16.9 Å². The fraction of sp³-hybridized carbons (Fsp3) is 0.467. The molecule has 1 aliphatic heterocycles. The first-order valence-electron chi connectivity index (χ1n) is 6.84. The Labute approximate surface area is 123 Å². The van der Waals surface area contributed by atoms with Crippen molar-refractivity contribution in [3.63, 3.8) is 0 Å². The molecule has 2 heterocycles. The third kappa shape index (κ3) is 2.79. The van der Waals surface area contributed by atoms with Gasteiger partial charge in [0, 0.05) is 11.5 Å². The number of hydrogen-bond donors (Lipinski definition) is 0. The topological polar surface area (TPSA) is 66.6 Å². The Morgan fingerprint density at radius 1 is 1.19 bits per heavy atom. The molecule has 0 saturated heterocycles. The first-order chi connectivity index (χ1) is 9.93. The van der Waals surface area contributed by atoms with Gasteiger partial charge in [-0.2, -0.15) is 4.98 Å². The Morgan fingerprint density at radius 3 is 2.67 bits per heavy atom. The van der Waals surface area contributed by atoms with Crippen molar-refractivity contribution in [1.29, 1.82) is 0 Å². The summed E-state index contributed by atoms with van der Waals surface area (Å²) < 4.78 is 21.7. The van der Waals surface area contributed by atoms with Gasteiger partial charge in [0.05, 0.1) is 0 Å². The Morgan fingerprint density at radius 2 is 1.95 bits per heavy atom. The van der Waals surface area contributed by atoms with Crippen molar-refractivity contribution >= 4 is 0 Å². The highest BCUT2D eigenvalue weighted by Crippen LogP contribution is 2.36. The number of fused-ring (bicyclic) bond motifs is 1. The van der Waals surface area contributed by atoms with E-state index >= 15 is 0 Å². The van der Waals surface area contributed by atoms with Crippen molar-refractivity contribution in [2.45, 2.75) is 39.2 Å². The van der Waals surface area contributed by atoms with Gasteiger partial charge >= 0.3 is 0 Å². The largest absolute Gasteiger partial charge is 0.481 e. The van der Waals surface area contributed by atoms with E-state index in [1.165, 1.54) is 0 Å². The summed E-state index contributed by atoms with van der Waals surface area (Å²) in [6.07, 6.45) is -0.339. The molecule has 1 aliphatic rings. The maximum atomic E-state index is 5.82. The lowest BCUT2D eigenvalue weighted by atomic mass is 9.96. The SMILES string of the molecule is CC(Oc1ccc2c(c1)OCO2)c1nc(C(C)(C)C)no1. The van der Waals surface area contributed by atoms with Crippen LogP contribution in [-0.2, 0) is 5.41 Å². The van der Waals surface area contributed by atoms with E-state index in [-0.39, 0.29) is 18.3 Å². The van der Waals surface area contributed by atoms with E-state index in [0.717, 1.165) is 5.75 Å². The van der Waals surface area contributed by atoms with E-state index < -0.39 is 0 Å². The van der Waals surface area contributed by atoms with Crippen molar-refractivity contribution in [3.05, 3.63) is 29.9 Å². The molecule has 0 amide bonds. The monoisotopic (exact) mass is 290 g/mol. The highest BCUT2D eigenvalue weighted by Gasteiger charge is 2.24. The van der Waals surface area contributed by atoms with E-state index in [4.69, 9.17) is 18.7 Å². The molecule has 0 fully saturated rings. The molecule has 1 aromatic heterocycles. The second-order valence-electron chi connectivity index (χ2n) is 5.98. The quantitative estimate of drug-likeness (QED) is 0.864. The van der Waals surface area contributed by atoms with Crippen LogP contribution in [0.4, 0.5) is 0 Å². The Bertz CT molecular complexity index is 645. The van der Waals surface area contributed by atoms with Crippen molar-refractivity contribution < 1.29 is 18.7 Å². The van der Waals surface area contributed by atoms with Crippen LogP contribution >= 0.6 is 0 Å². The van der Waals surface area contributed by atoms with Gasteiger partial charge in [0.1, 0.15) is 5.75 Å². The van der Waals surface area contributed by atoms with E-state index in [0.29, 0.717) is 23.2 Å². The van der Waals surface area contributed by atoms with Gasteiger partial charge in [-0.25, -0.2) is 0 Å². The smallest absolute Gasteiger partial charge is 0.267 e. The van der Waals surface area contributed by atoms with E-state index in [1.807, 2.05) is 39.8 Å². The lowest BCUT2D eigenvalue weighted by molar-refractivity contribution is 0.170. The second-order valence-corrected chi connectivity index (χ2v) is 5.98. The molecule has 3 rings (SSSR count). The number of rotatable bonds is 3. The summed E-state index contributed by atoms with van der Waals surface area (Å²) in [6.45, 7) is 8.21. The normalized spacial score (nSPS) is 15.0. The summed E-state index contributed by atoms with van der Waals surface area (Å²) in [7, 11) is 0. The molecule has 1 atom stereocenters. The standard InChI is InChI=1S/C15H18N2O4/c1-9(13-16-14(17-21-13)15(2,3)4)20-10-5-6-11-12(7-10)19-8-18-11/h5-7,9H,8H2,1-4H3. The molecule has 0 N–H and O–H groups in total. The van der Waals surface area contributed by atoms with E-state index in [9.17, 15) is 0 Å². The van der Waals surface area contributed by atoms with Gasteiger partial charge in [0.2, 0.25) is 6.79 Å². The zero-order valence-electron chi connectivity index (χ0n) is 12.5. The van der Waals surface area contributed by atoms with Crippen LogP contribution in [0.3, 0.4) is 0 Å². The Kier molecular flexibility index (Phi) is 3.23. The minimum Gasteiger partial charge on any atom is -0.481 e. The summed E-state index contributed by atoms with van der Waals surface area (Å²) >= 11 is 0. The molecule has 0 bridgehead atoms. The van der Waals surface area contributed by atoms with Gasteiger partial charge in [-0.3, -0.25) is 0 Å². The fourth-order valence-electron chi connectivity index (χ4n) is 1.91. The van der Waals surface area contributed by atoms with Gasteiger partial charge in [-0.15, -0.1) is 0 Å². The molecule has 0 spiro atoms. The molecule has 1 aromatic carbocycles. The summed E-state index contributed by atoms with van der Waals surface area (Å²) in [5.41, 5.74) is -0.153. The van der Waals surface area contributed by atoms with Crippen LogP contribution in [0, 0.1) is 0 Å². The highest BCUT2D eigenvalue weighted by atomic mass is 16.7. The average Bonchev–Trinajstić information content (AvgIpc) is 3.06. The zero-order chi connectivity index (χ0) is 15.0. The van der Waals surface area contributed by atoms with Crippen LogP contribution in [0.2, 0.25) is 0 Å². The summed E-state index contributed by atoms with van der Waals surface area (Å²) in [6, 6.07) is 5.43. The molecule has 112 valence electrons. The first-order valence-corrected chi connectivity index (χ1v) is 6.84. The van der Waals surface area contributed by atoms with Gasteiger partial charge in [-0.1, -0.05) is 25.9 Å². The first kappa shape index (κ1) is 13.7. The minimum absolute atomic E-state index is 0.153. The van der Waals surface area contributed by atoms with Crippen LogP contribution in [0.5, 0.6) is 17.2 Å². The average molecular weight is 290 g/mol. The lowest BCUT2D eigenvalue weighted by Crippen LogP contribution is -2.13. The summed E-state index contributed by atoms with van der Waals surface area (Å²) in [5.74, 6) is 3.20. The molecule has 6 nitrogen and oxygen atoms in total. The molecule has 0 radical (unpaired) electrons. The molecular weight excluding hydrogens is 272 g/mol. The van der Waals surface area contributed by atoms with Crippen LogP contribution < -0.4 is 14.2 Å². The van der Waals surface area contributed by atoms with Crippen molar-refractivity contribution in [2.24, 2.45) is 0 Å². The van der Waals surface area contributed by atoms with Crippen LogP contribution in [0.15, 0.2) is 22.7 Å². The minimum atomic E-state index is -0.339. The van der Waals surface area contributed by atoms with Gasteiger partial charge in [-0.05, 0) is 19.1 Å². The number of benzene rings is 1. The molecule has 21 heavy (non-hydrogen) atoms. The molecule has 6 heteroatoms. The van der Waals surface area contributed by atoms with Crippen LogP contribution in [0.1, 0.15) is 45.5 Å². The van der Waals surface area contributed by atoms with Gasteiger partial charge in [0.15, 0.2) is 23.4 Å². The van der Waals surface area contributed by atoms with E-state index in [1.54, 1.807) is 6.07 Å². The predicted octanol–water partition coefficient (Wildman–Crippen LogP) is 3.24. The molecule has 2 aromatic rings. The molecule has 0 aliphatic carbocycles. The van der Waals surface area contributed by atoms with Gasteiger partial charge < -0.3 is 18.7 Å². The van der Waals surface area contributed by atoms with Crippen molar-refractivity contribution in [2.75, 3.05) is 6.79 Å². The molecule has 1 unspecified atom stereocenters. The third-order valence-electron chi connectivity index (χ3n) is 3.12. The highest BCUT2D eigenvalue weighted by molar-refractivity contribution is 5.46. The zero-order valence-corrected chi connectivity index (χ0v) is 12.5. The molecule has 0 saturated carbocycles. The Hall–Kier alpha value is -2.24. The van der Waals surface area contributed by atoms with E-state index in [2.05, 4.69) is 10.1 Å². The predicted molar refractivity (Wildman–Crippen MR) is 74.6 cm³/mol. The second kappa shape index (κ2) is 4.95. The lowest BCUT2D eigenvalue weighted by Gasteiger charge is -2.12. The van der Waals surface area contributed by atoms with Crippen molar-refractivity contribution in [3.8, 4) is 17.2 Å². The Balaban J connectivity index is 1.74. The summed E-state index contributed by atoms with van der Waals surface area (Å²) in [5, 5.41) is 4.00. The van der Waals surface area contributed by atoms with Crippen LogP contribution in [0.25, 0.3) is 0 Å². The fourth-order valence-corrected chi connectivity index (χ4v) is 1.91. The van der Waals surface area contributed by atoms with Crippen molar-refractivity contribution in [1.82, 2.24) is 10.1 Å². The number of hydrogen-bond acceptors (Lipinski definition) is 6. The summed E-state index contributed by atoms with van der Waals surface area (Å²) in [4.78, 5) is 4.39. The maximum Gasteiger partial charge on any atom is 0.267 e. The number of aromatic nitrogens is 2.